The Morgan fingerprint density at radius 3 is 2.80 bits per heavy atom. The molecule has 2 N–H and O–H groups in total. The number of nitrogens with zero attached hydrogens (tertiary/aromatic N) is 1. The summed E-state index contributed by atoms with van der Waals surface area (Å²) in [7, 11) is -0.294. The molecule has 3 nitrogen and oxygen atoms in total. The van der Waals surface area contributed by atoms with Gasteiger partial charge in [-0.05, 0) is 13.7 Å². The van der Waals surface area contributed by atoms with E-state index in [1.807, 2.05) is 6.82 Å². The number of rotatable bonds is 1. The lowest BCUT2D eigenvalue weighted by molar-refractivity contribution is 0.254. The van der Waals surface area contributed by atoms with Crippen LogP contribution in [0.2, 0.25) is 6.82 Å². The predicted octanol–water partition coefficient (Wildman–Crippen LogP) is -0.610. The fraction of sp³-hybridized carbons (Fsp3) is 1.00. The zero-order valence-electron chi connectivity index (χ0n) is 6.67. The highest BCUT2D eigenvalue weighted by molar-refractivity contribution is 6.45. The molecule has 58 valence electrons. The van der Waals surface area contributed by atoms with E-state index in [0.29, 0.717) is 6.04 Å². The molecule has 0 unspecified atom stereocenters. The van der Waals surface area contributed by atoms with Crippen LogP contribution >= 0.6 is 0 Å². The summed E-state index contributed by atoms with van der Waals surface area (Å²) in [5.41, 5.74) is 0. The maximum atomic E-state index is 9.25. The zero-order valence-corrected chi connectivity index (χ0v) is 6.67. The SMILES string of the molecule is CB(O)N1CCNC[C@H]1C. The van der Waals surface area contributed by atoms with E-state index in [-0.39, 0.29) is 7.05 Å². The van der Waals surface area contributed by atoms with Crippen molar-refractivity contribution < 1.29 is 5.02 Å². The predicted molar refractivity (Wildman–Crippen MR) is 42.9 cm³/mol. The molecule has 0 radical (unpaired) electrons. The maximum Gasteiger partial charge on any atom is 0.376 e. The lowest BCUT2D eigenvalue weighted by Crippen LogP contribution is -2.55. The van der Waals surface area contributed by atoms with E-state index in [0.717, 1.165) is 19.6 Å². The highest BCUT2D eigenvalue weighted by Gasteiger charge is 2.23. The number of hydrogen-bond acceptors (Lipinski definition) is 3. The highest BCUT2D eigenvalue weighted by atomic mass is 16.2. The van der Waals surface area contributed by atoms with Crippen LogP contribution in [0.25, 0.3) is 0 Å². The normalized spacial score (nSPS) is 28.5. The Kier molecular flexibility index (Phi) is 2.71. The summed E-state index contributed by atoms with van der Waals surface area (Å²) in [5, 5.41) is 12.5. The summed E-state index contributed by atoms with van der Waals surface area (Å²) in [6, 6.07) is 0.466. The second-order valence-corrected chi connectivity index (χ2v) is 2.92. The second-order valence-electron chi connectivity index (χ2n) is 2.92. The van der Waals surface area contributed by atoms with Crippen molar-refractivity contribution in [2.24, 2.45) is 0 Å². The minimum Gasteiger partial charge on any atom is -0.437 e. The van der Waals surface area contributed by atoms with Crippen molar-refractivity contribution in [3.05, 3.63) is 0 Å². The molecule has 0 amide bonds. The molecule has 4 heteroatoms. The lowest BCUT2D eigenvalue weighted by atomic mass is 9.82. The molecule has 0 spiro atoms. The Morgan fingerprint density at radius 2 is 2.40 bits per heavy atom. The molecule has 0 bridgehead atoms. The van der Waals surface area contributed by atoms with Crippen LogP contribution in [0.5, 0.6) is 0 Å². The summed E-state index contributed by atoms with van der Waals surface area (Å²) >= 11 is 0. The third kappa shape index (κ3) is 1.72. The van der Waals surface area contributed by atoms with Gasteiger partial charge in [-0.25, -0.2) is 0 Å². The van der Waals surface area contributed by atoms with Crippen LogP contribution in [-0.4, -0.2) is 42.6 Å². The monoisotopic (exact) mass is 142 g/mol. The molecule has 0 aliphatic carbocycles. The Bertz CT molecular complexity index is 110. The smallest absolute Gasteiger partial charge is 0.376 e. The molecule has 0 saturated carbocycles. The fourth-order valence-electron chi connectivity index (χ4n) is 1.41. The van der Waals surface area contributed by atoms with Gasteiger partial charge in [0.25, 0.3) is 0 Å². The molecule has 0 aromatic heterocycles. The van der Waals surface area contributed by atoms with E-state index in [1.54, 1.807) is 0 Å². The summed E-state index contributed by atoms with van der Waals surface area (Å²) in [5.74, 6) is 0. The van der Waals surface area contributed by atoms with Gasteiger partial charge < -0.3 is 15.2 Å². The van der Waals surface area contributed by atoms with Gasteiger partial charge in [0.15, 0.2) is 0 Å². The van der Waals surface area contributed by atoms with Crippen molar-refractivity contribution in [3.8, 4) is 0 Å². The average Bonchev–Trinajstić information content (AvgIpc) is 1.88. The van der Waals surface area contributed by atoms with Gasteiger partial charge in [-0.1, -0.05) is 0 Å². The quantitative estimate of drug-likeness (QED) is 0.479. The molecule has 1 fully saturated rings. The van der Waals surface area contributed by atoms with Gasteiger partial charge in [-0.3, -0.25) is 0 Å². The average molecular weight is 142 g/mol. The number of nitrogens with one attached hydrogen (secondary N) is 1. The summed E-state index contributed by atoms with van der Waals surface area (Å²) in [4.78, 5) is 2.09. The minimum absolute atomic E-state index is 0.294. The van der Waals surface area contributed by atoms with Crippen molar-refractivity contribution in [1.29, 1.82) is 0 Å². The van der Waals surface area contributed by atoms with E-state index < -0.39 is 0 Å². The highest BCUT2D eigenvalue weighted by Crippen LogP contribution is 2.02. The van der Waals surface area contributed by atoms with Crippen LogP contribution in [0.3, 0.4) is 0 Å². The molecule has 1 saturated heterocycles. The first-order valence-electron chi connectivity index (χ1n) is 3.86. The van der Waals surface area contributed by atoms with Crippen LogP contribution < -0.4 is 5.32 Å². The first-order valence-corrected chi connectivity index (χ1v) is 3.86. The van der Waals surface area contributed by atoms with Crippen LogP contribution in [0.15, 0.2) is 0 Å². The lowest BCUT2D eigenvalue weighted by Gasteiger charge is -2.34. The van der Waals surface area contributed by atoms with Gasteiger partial charge in [0.2, 0.25) is 0 Å². The molecule has 1 rings (SSSR count). The molecule has 0 aromatic carbocycles. The third-order valence-corrected chi connectivity index (χ3v) is 2.03. The third-order valence-electron chi connectivity index (χ3n) is 2.03. The molecule has 1 heterocycles. The Morgan fingerprint density at radius 1 is 1.70 bits per heavy atom. The molecule has 1 aliphatic rings. The fourth-order valence-corrected chi connectivity index (χ4v) is 1.41. The van der Waals surface area contributed by atoms with Crippen molar-refractivity contribution in [1.82, 2.24) is 10.1 Å². The van der Waals surface area contributed by atoms with Crippen LogP contribution in [0.4, 0.5) is 0 Å². The van der Waals surface area contributed by atoms with E-state index in [2.05, 4.69) is 17.1 Å². The maximum absolute atomic E-state index is 9.25. The Hall–Kier alpha value is -0.0551. The van der Waals surface area contributed by atoms with Gasteiger partial charge in [0, 0.05) is 25.7 Å². The van der Waals surface area contributed by atoms with E-state index in [1.165, 1.54) is 0 Å². The summed E-state index contributed by atoms with van der Waals surface area (Å²) in [6.07, 6.45) is 0. The van der Waals surface area contributed by atoms with Gasteiger partial charge in [0.05, 0.1) is 0 Å². The molecular formula is C6H15BN2O. The zero-order chi connectivity index (χ0) is 7.56. The van der Waals surface area contributed by atoms with Crippen molar-refractivity contribution >= 4 is 7.05 Å². The van der Waals surface area contributed by atoms with Crippen molar-refractivity contribution in [2.45, 2.75) is 19.8 Å². The van der Waals surface area contributed by atoms with E-state index in [4.69, 9.17) is 0 Å². The van der Waals surface area contributed by atoms with Gasteiger partial charge in [-0.15, -0.1) is 0 Å². The number of piperazine rings is 1. The largest absolute Gasteiger partial charge is 0.437 e. The van der Waals surface area contributed by atoms with E-state index >= 15 is 0 Å². The molecule has 1 atom stereocenters. The molecule has 10 heavy (non-hydrogen) atoms. The van der Waals surface area contributed by atoms with Crippen LogP contribution in [-0.2, 0) is 0 Å². The minimum atomic E-state index is -0.294. The Balaban J connectivity index is 2.40. The first kappa shape index (κ1) is 8.05. The first-order chi connectivity index (χ1) is 4.72. The van der Waals surface area contributed by atoms with Gasteiger partial charge in [-0.2, -0.15) is 0 Å². The second kappa shape index (κ2) is 3.37. The summed E-state index contributed by atoms with van der Waals surface area (Å²) in [6.45, 7) is 6.89. The topological polar surface area (TPSA) is 35.5 Å². The molecular weight excluding hydrogens is 127 g/mol. The Labute approximate surface area is 62.5 Å². The van der Waals surface area contributed by atoms with Crippen molar-refractivity contribution in [3.63, 3.8) is 0 Å². The standard InChI is InChI=1S/C6H15BN2O/c1-6-5-8-3-4-9(6)7(2)10/h6,8,10H,3-5H2,1-2H3/t6-/m1/s1. The van der Waals surface area contributed by atoms with Gasteiger partial charge >= 0.3 is 7.05 Å². The molecule has 0 aromatic rings. The van der Waals surface area contributed by atoms with Crippen molar-refractivity contribution in [2.75, 3.05) is 19.6 Å². The number of hydrogen-bond donors (Lipinski definition) is 2. The van der Waals surface area contributed by atoms with E-state index in [9.17, 15) is 5.02 Å². The summed E-state index contributed by atoms with van der Waals surface area (Å²) < 4.78 is 0. The van der Waals surface area contributed by atoms with Crippen LogP contribution in [0, 0.1) is 0 Å². The molecule has 1 aliphatic heterocycles. The van der Waals surface area contributed by atoms with Gasteiger partial charge in [0.1, 0.15) is 0 Å². The van der Waals surface area contributed by atoms with Crippen LogP contribution in [0.1, 0.15) is 6.92 Å².